The van der Waals surface area contributed by atoms with Crippen molar-refractivity contribution in [1.82, 2.24) is 9.39 Å². The molecular weight excluding hydrogens is 555 g/mol. The van der Waals surface area contributed by atoms with Crippen LogP contribution in [0.2, 0.25) is 0 Å². The van der Waals surface area contributed by atoms with E-state index in [-0.39, 0.29) is 0 Å². The van der Waals surface area contributed by atoms with E-state index in [2.05, 4.69) is 12.2 Å². The minimum atomic E-state index is -3.15. The Bertz CT molecular complexity index is 967. The lowest BCUT2D eigenvalue weighted by Crippen LogP contribution is -2.44. The number of fused-ring (bicyclic) bond motifs is 1. The standard InChI is InChI=1S/C28H49N2O6PS2/c1-6-9-10-11-12-13-14-15-16-17-21-30(37(38,34-7-2)35-8-3)39(33)26(29-27(31)32)24-20-18-19-23-22-28(4,5)36-25(23)24/h18-20,26,29H,6-17,21-22H2,1-5H3,(H,31,32)/p-1. The number of hydrogen-bond donors (Lipinski definition) is 1. The lowest BCUT2D eigenvalue weighted by molar-refractivity contribution is -0.251. The number of unbranched alkanes of at least 4 members (excludes halogenated alkanes) is 9. The Morgan fingerprint density at radius 1 is 1.08 bits per heavy atom. The van der Waals surface area contributed by atoms with Crippen molar-refractivity contribution in [3.63, 3.8) is 0 Å². The van der Waals surface area contributed by atoms with Crippen LogP contribution in [0.3, 0.4) is 0 Å². The minimum absolute atomic E-state index is 0.291. The summed E-state index contributed by atoms with van der Waals surface area (Å²) in [5.74, 6) is 0.551. The summed E-state index contributed by atoms with van der Waals surface area (Å²) in [5.41, 5.74) is 0.978. The molecule has 8 nitrogen and oxygen atoms in total. The predicted octanol–water partition coefficient (Wildman–Crippen LogP) is 6.52. The van der Waals surface area contributed by atoms with Gasteiger partial charge in [0.1, 0.15) is 33.8 Å². The monoisotopic (exact) mass is 603 g/mol. The molecule has 1 aromatic carbocycles. The first kappa shape index (κ1) is 34.2. The second kappa shape index (κ2) is 17.0. The summed E-state index contributed by atoms with van der Waals surface area (Å²) in [6.45, 7) is 7.60. The van der Waals surface area contributed by atoms with Crippen molar-refractivity contribution in [3.05, 3.63) is 29.3 Å². The molecule has 0 radical (unpaired) electrons. The first-order chi connectivity index (χ1) is 18.6. The van der Waals surface area contributed by atoms with Gasteiger partial charge < -0.3 is 29.0 Å². The summed E-state index contributed by atoms with van der Waals surface area (Å²) < 4.78 is 33.9. The van der Waals surface area contributed by atoms with Gasteiger partial charge in [-0.2, -0.15) is 0 Å². The molecule has 224 valence electrons. The predicted molar refractivity (Wildman–Crippen MR) is 160 cm³/mol. The highest BCUT2D eigenvalue weighted by Crippen LogP contribution is 2.55. The number of benzene rings is 1. The second-order valence-electron chi connectivity index (χ2n) is 10.5. The van der Waals surface area contributed by atoms with Crippen molar-refractivity contribution < 1.29 is 27.9 Å². The maximum Gasteiger partial charge on any atom is 0.275 e. The summed E-state index contributed by atoms with van der Waals surface area (Å²) in [5, 5.41) is 13.0. The van der Waals surface area contributed by atoms with Crippen molar-refractivity contribution >= 4 is 35.5 Å². The van der Waals surface area contributed by atoms with Gasteiger partial charge in [0.25, 0.3) is 6.64 Å². The van der Waals surface area contributed by atoms with E-state index in [0.717, 1.165) is 24.8 Å². The second-order valence-corrected chi connectivity index (χ2v) is 15.6. The quantitative estimate of drug-likeness (QED) is 0.134. The molecule has 1 aliphatic rings. The maximum atomic E-state index is 14.3. The molecule has 1 amide bonds. The number of ether oxygens (including phenoxy) is 1. The molecule has 11 heteroatoms. The van der Waals surface area contributed by atoms with Gasteiger partial charge >= 0.3 is 0 Å². The summed E-state index contributed by atoms with van der Waals surface area (Å²) in [6.07, 6.45) is 10.7. The highest BCUT2D eigenvalue weighted by molar-refractivity contribution is 8.12. The van der Waals surface area contributed by atoms with E-state index in [0.29, 0.717) is 37.5 Å². The zero-order valence-corrected chi connectivity index (χ0v) is 26.9. The van der Waals surface area contributed by atoms with E-state index in [1.807, 2.05) is 39.8 Å². The molecule has 0 aromatic heterocycles. The Kier molecular flexibility index (Phi) is 14.9. The number of rotatable bonds is 20. The number of nitrogens with zero attached hydrogens (tertiary/aromatic N) is 1. The van der Waals surface area contributed by atoms with E-state index >= 15 is 0 Å². The van der Waals surface area contributed by atoms with Crippen molar-refractivity contribution in [2.45, 2.75) is 116 Å². The topological polar surface area (TPSA) is 100 Å². The van der Waals surface area contributed by atoms with Gasteiger partial charge in [-0.3, -0.25) is 0 Å². The number of amides is 1. The highest BCUT2D eigenvalue weighted by Gasteiger charge is 2.40. The van der Waals surface area contributed by atoms with Gasteiger partial charge in [0.2, 0.25) is 0 Å². The number of carboxylic acid groups (broad SMARTS) is 1. The summed E-state index contributed by atoms with van der Waals surface area (Å²) in [7, 11) is -1.95. The fourth-order valence-corrected chi connectivity index (χ4v) is 10.2. The molecule has 0 saturated carbocycles. The third kappa shape index (κ3) is 10.7. The molecule has 0 spiro atoms. The molecule has 0 saturated heterocycles. The zero-order chi connectivity index (χ0) is 28.9. The molecule has 2 unspecified atom stereocenters. The van der Waals surface area contributed by atoms with Crippen molar-refractivity contribution in [1.29, 1.82) is 0 Å². The van der Waals surface area contributed by atoms with Crippen molar-refractivity contribution in [3.8, 4) is 5.75 Å². The van der Waals surface area contributed by atoms with Gasteiger partial charge in [-0.1, -0.05) is 82.9 Å². The molecule has 1 aliphatic heterocycles. The molecule has 0 fully saturated rings. The smallest absolute Gasteiger partial charge is 0.275 e. The summed E-state index contributed by atoms with van der Waals surface area (Å²) >= 11 is 5.86. The zero-order valence-electron chi connectivity index (χ0n) is 24.4. The van der Waals surface area contributed by atoms with Crippen LogP contribution < -0.4 is 15.2 Å². The molecule has 2 rings (SSSR count). The lowest BCUT2D eigenvalue weighted by Gasteiger charge is -2.35. The fourth-order valence-electron chi connectivity index (χ4n) is 4.85. The summed E-state index contributed by atoms with van der Waals surface area (Å²) in [4.78, 5) is 11.8. The van der Waals surface area contributed by atoms with Crippen LogP contribution in [0.5, 0.6) is 5.75 Å². The Morgan fingerprint density at radius 3 is 2.18 bits per heavy atom. The van der Waals surface area contributed by atoms with Crippen LogP contribution >= 0.6 is 6.64 Å². The third-order valence-corrected chi connectivity index (χ3v) is 12.6. The number of nitrogens with one attached hydrogen (secondary N) is 1. The van der Waals surface area contributed by atoms with Crippen LogP contribution in [0.4, 0.5) is 4.79 Å². The molecular formula is C28H48N2O6PS2-. The van der Waals surface area contributed by atoms with Crippen LogP contribution in [0.1, 0.15) is 115 Å². The van der Waals surface area contributed by atoms with Crippen LogP contribution in [0.25, 0.3) is 0 Å². The van der Waals surface area contributed by atoms with Gasteiger partial charge in [-0.25, -0.2) is 4.21 Å². The highest BCUT2D eigenvalue weighted by atomic mass is 32.5. The van der Waals surface area contributed by atoms with E-state index < -0.39 is 34.7 Å². The lowest BCUT2D eigenvalue weighted by atomic mass is 10.0. The first-order valence-corrected chi connectivity index (χ1v) is 18.2. The minimum Gasteiger partial charge on any atom is -0.530 e. The number of carbonyl (C=O) groups excluding carboxylic acids is 1. The fraction of sp³-hybridized carbons (Fsp3) is 0.750. The number of para-hydroxylation sites is 1. The Morgan fingerprint density at radius 2 is 1.64 bits per heavy atom. The van der Waals surface area contributed by atoms with Crippen LogP contribution in [-0.2, 0) is 38.3 Å². The Hall–Kier alpha value is -1.03. The third-order valence-electron chi connectivity index (χ3n) is 6.62. The molecule has 39 heavy (non-hydrogen) atoms. The Labute approximate surface area is 243 Å². The SMILES string of the molecule is CCCCCCCCCCCCN(S(=O)C(NC(=O)[O-])c1cccc2c1OC(C)(C)C2)P(=S)(OCC)OCC. The molecule has 1 aromatic rings. The average Bonchev–Trinajstić information content (AvgIpc) is 3.19. The molecule has 0 bridgehead atoms. The van der Waals surface area contributed by atoms with Gasteiger partial charge in [-0.15, -0.1) is 4.08 Å². The summed E-state index contributed by atoms with van der Waals surface area (Å²) in [6, 6.07) is 5.51. The molecule has 1 heterocycles. The number of carbonyl (C=O) groups is 1. The largest absolute Gasteiger partial charge is 0.530 e. The van der Waals surface area contributed by atoms with E-state index in [1.165, 1.54) is 44.9 Å². The van der Waals surface area contributed by atoms with Crippen molar-refractivity contribution in [2.24, 2.45) is 0 Å². The number of hydrogen-bond acceptors (Lipinski definition) is 7. The van der Waals surface area contributed by atoms with E-state index in [4.69, 9.17) is 25.6 Å². The van der Waals surface area contributed by atoms with Gasteiger partial charge in [-0.05, 0) is 51.5 Å². The van der Waals surface area contributed by atoms with Crippen LogP contribution in [0, 0.1) is 0 Å². The molecule has 2 atom stereocenters. The van der Waals surface area contributed by atoms with Gasteiger partial charge in [0.05, 0.1) is 13.2 Å². The van der Waals surface area contributed by atoms with Crippen molar-refractivity contribution in [2.75, 3.05) is 19.8 Å². The van der Waals surface area contributed by atoms with E-state index in [1.54, 1.807) is 10.1 Å². The molecule has 1 N–H and O–H groups in total. The first-order valence-electron chi connectivity index (χ1n) is 14.4. The molecule has 0 aliphatic carbocycles. The normalized spacial score (nSPS) is 16.1. The van der Waals surface area contributed by atoms with Gasteiger partial charge in [0.15, 0.2) is 0 Å². The maximum absolute atomic E-state index is 14.3. The van der Waals surface area contributed by atoms with Gasteiger partial charge in [0, 0.05) is 18.5 Å². The van der Waals surface area contributed by atoms with Crippen LogP contribution in [0.15, 0.2) is 18.2 Å². The van der Waals surface area contributed by atoms with E-state index in [9.17, 15) is 14.1 Å². The Balaban J connectivity index is 2.22. The van der Waals surface area contributed by atoms with Crippen LogP contribution in [-0.4, -0.2) is 39.7 Å². The average molecular weight is 604 g/mol.